The van der Waals surface area contributed by atoms with Gasteiger partial charge in [0.05, 0.1) is 36.6 Å². The zero-order chi connectivity index (χ0) is 18.2. The van der Waals surface area contributed by atoms with Gasteiger partial charge in [0, 0.05) is 31.2 Å². The fourth-order valence-electron chi connectivity index (χ4n) is 3.89. The fourth-order valence-corrected chi connectivity index (χ4v) is 3.89. The van der Waals surface area contributed by atoms with Gasteiger partial charge in [0.15, 0.2) is 0 Å². The largest absolute Gasteiger partial charge is 0.492 e. The van der Waals surface area contributed by atoms with Crippen LogP contribution in [0.5, 0.6) is 5.75 Å². The molecule has 4 heterocycles. The molecule has 138 valence electrons. The minimum absolute atomic E-state index is 0.0890. The van der Waals surface area contributed by atoms with Crippen molar-refractivity contribution in [2.24, 2.45) is 0 Å². The number of carbonyl (C=O) groups is 1. The molecule has 0 atom stereocenters. The maximum Gasteiger partial charge on any atom is 0.281 e. The minimum Gasteiger partial charge on any atom is -0.492 e. The van der Waals surface area contributed by atoms with E-state index in [-0.39, 0.29) is 5.91 Å². The Morgan fingerprint density at radius 2 is 1.96 bits per heavy atom. The Labute approximate surface area is 157 Å². The van der Waals surface area contributed by atoms with E-state index >= 15 is 0 Å². The number of rotatable bonds is 5. The molecule has 5 rings (SSSR count). The fraction of sp³-hybridized carbons (Fsp3) is 0.333. The summed E-state index contributed by atoms with van der Waals surface area (Å²) in [5.74, 6) is 0.678. The van der Waals surface area contributed by atoms with Crippen LogP contribution < -0.4 is 4.74 Å². The van der Waals surface area contributed by atoms with Crippen LogP contribution in [-0.4, -0.2) is 59.8 Å². The molecule has 0 radical (unpaired) electrons. The van der Waals surface area contributed by atoms with E-state index in [4.69, 9.17) is 9.47 Å². The Kier molecular flexibility index (Phi) is 4.14. The third-order valence-corrected chi connectivity index (χ3v) is 5.24. The smallest absolute Gasteiger partial charge is 0.281 e. The number of hydrogen-bond acceptors (Lipinski definition) is 5. The number of pyridine rings is 1. The van der Waals surface area contributed by atoms with Gasteiger partial charge in [-0.15, -0.1) is 0 Å². The van der Waals surface area contributed by atoms with Crippen molar-refractivity contribution in [3.63, 3.8) is 0 Å². The highest BCUT2D eigenvalue weighted by Gasteiger charge is 2.32. The lowest BCUT2D eigenvalue weighted by atomic mass is 10.1. The van der Waals surface area contributed by atoms with Gasteiger partial charge in [-0.05, 0) is 30.7 Å². The molecule has 0 bridgehead atoms. The number of carbonyl (C=O) groups excluding carboxylic acids is 1. The molecule has 0 aliphatic carbocycles. The lowest BCUT2D eigenvalue weighted by molar-refractivity contribution is 0.0358. The van der Waals surface area contributed by atoms with Gasteiger partial charge in [-0.1, -0.05) is 12.1 Å². The van der Waals surface area contributed by atoms with Crippen LogP contribution in [-0.2, 0) is 4.74 Å². The van der Waals surface area contributed by atoms with Gasteiger partial charge < -0.3 is 9.47 Å². The number of aromatic nitrogens is 2. The quantitative estimate of drug-likeness (QED) is 0.511. The SMILES string of the molecule is O=C1c2nc3ccccc3c(OCCCN3CCOCC3)c2-c2cccn21. The predicted octanol–water partition coefficient (Wildman–Crippen LogP) is 2.81. The third kappa shape index (κ3) is 2.81. The highest BCUT2D eigenvalue weighted by molar-refractivity contribution is 6.12. The Hall–Kier alpha value is -2.70. The zero-order valence-electron chi connectivity index (χ0n) is 15.1. The number of para-hydroxylation sites is 1. The first-order valence-electron chi connectivity index (χ1n) is 9.41. The van der Waals surface area contributed by atoms with Gasteiger partial charge in [-0.3, -0.25) is 14.3 Å². The molecule has 27 heavy (non-hydrogen) atoms. The average Bonchev–Trinajstić information content (AvgIpc) is 3.28. The summed E-state index contributed by atoms with van der Waals surface area (Å²) in [5.41, 5.74) is 2.94. The highest BCUT2D eigenvalue weighted by atomic mass is 16.5. The van der Waals surface area contributed by atoms with Crippen LogP contribution >= 0.6 is 0 Å². The van der Waals surface area contributed by atoms with Crippen LogP contribution in [0.4, 0.5) is 0 Å². The lowest BCUT2D eigenvalue weighted by Gasteiger charge is -2.26. The Balaban J connectivity index is 1.45. The van der Waals surface area contributed by atoms with Gasteiger partial charge in [0.2, 0.25) is 0 Å². The van der Waals surface area contributed by atoms with E-state index in [2.05, 4.69) is 9.88 Å². The van der Waals surface area contributed by atoms with E-state index in [0.717, 1.165) is 67.2 Å². The van der Waals surface area contributed by atoms with Crippen LogP contribution in [0.3, 0.4) is 0 Å². The molecule has 1 fully saturated rings. The zero-order valence-corrected chi connectivity index (χ0v) is 15.1. The number of nitrogens with zero attached hydrogens (tertiary/aromatic N) is 3. The maximum absolute atomic E-state index is 12.7. The van der Waals surface area contributed by atoms with E-state index in [1.807, 2.05) is 36.4 Å². The maximum atomic E-state index is 12.7. The van der Waals surface area contributed by atoms with Crippen LogP contribution in [0, 0.1) is 0 Å². The first-order chi connectivity index (χ1) is 13.3. The van der Waals surface area contributed by atoms with E-state index in [1.54, 1.807) is 10.8 Å². The molecule has 2 aliphatic rings. The number of ether oxygens (including phenoxy) is 2. The molecule has 0 amide bonds. The summed E-state index contributed by atoms with van der Waals surface area (Å²) in [5, 5.41) is 0.949. The normalized spacial score (nSPS) is 16.5. The molecular weight excluding hydrogens is 342 g/mol. The summed E-state index contributed by atoms with van der Waals surface area (Å²) in [6.07, 6.45) is 2.71. The lowest BCUT2D eigenvalue weighted by Crippen LogP contribution is -2.37. The molecule has 0 spiro atoms. The molecule has 0 N–H and O–H groups in total. The van der Waals surface area contributed by atoms with Gasteiger partial charge >= 0.3 is 0 Å². The van der Waals surface area contributed by atoms with E-state index < -0.39 is 0 Å². The number of benzene rings is 1. The second kappa shape index (κ2) is 6.79. The van der Waals surface area contributed by atoms with Gasteiger partial charge in [-0.2, -0.15) is 0 Å². The summed E-state index contributed by atoms with van der Waals surface area (Å²) < 4.78 is 13.3. The van der Waals surface area contributed by atoms with Gasteiger partial charge in [0.25, 0.3) is 5.91 Å². The van der Waals surface area contributed by atoms with E-state index in [1.165, 1.54) is 0 Å². The van der Waals surface area contributed by atoms with E-state index in [9.17, 15) is 4.79 Å². The first kappa shape index (κ1) is 16.5. The summed E-state index contributed by atoms with van der Waals surface area (Å²) >= 11 is 0. The molecule has 6 heteroatoms. The third-order valence-electron chi connectivity index (χ3n) is 5.24. The summed E-state index contributed by atoms with van der Waals surface area (Å²) in [4.78, 5) is 19.7. The van der Waals surface area contributed by atoms with Crippen molar-refractivity contribution in [3.05, 3.63) is 48.3 Å². The molecule has 1 aromatic carbocycles. The first-order valence-corrected chi connectivity index (χ1v) is 9.41. The monoisotopic (exact) mass is 363 g/mol. The molecule has 6 nitrogen and oxygen atoms in total. The minimum atomic E-state index is -0.0890. The molecule has 0 unspecified atom stereocenters. The molecule has 1 saturated heterocycles. The van der Waals surface area contributed by atoms with Crippen molar-refractivity contribution < 1.29 is 14.3 Å². The second-order valence-corrected chi connectivity index (χ2v) is 6.91. The summed E-state index contributed by atoms with van der Waals surface area (Å²) in [6, 6.07) is 11.7. The van der Waals surface area contributed by atoms with Crippen molar-refractivity contribution in [3.8, 4) is 17.0 Å². The van der Waals surface area contributed by atoms with Crippen LogP contribution in [0.1, 0.15) is 16.9 Å². The second-order valence-electron chi connectivity index (χ2n) is 6.91. The Morgan fingerprint density at radius 3 is 2.85 bits per heavy atom. The summed E-state index contributed by atoms with van der Waals surface area (Å²) in [7, 11) is 0. The molecule has 2 aliphatic heterocycles. The van der Waals surface area contributed by atoms with Gasteiger partial charge in [-0.25, -0.2) is 4.98 Å². The molecular formula is C21H21N3O3. The van der Waals surface area contributed by atoms with Crippen molar-refractivity contribution in [1.29, 1.82) is 0 Å². The van der Waals surface area contributed by atoms with Crippen LogP contribution in [0.15, 0.2) is 42.6 Å². The van der Waals surface area contributed by atoms with Crippen molar-refractivity contribution in [2.45, 2.75) is 6.42 Å². The highest BCUT2D eigenvalue weighted by Crippen LogP contribution is 2.42. The van der Waals surface area contributed by atoms with Crippen LogP contribution in [0.25, 0.3) is 22.2 Å². The standard InChI is InChI=1S/C21H21N3O3/c25-21-19-18(17-7-3-9-24(17)21)20(15-5-1-2-6-16(15)22-19)27-12-4-8-23-10-13-26-14-11-23/h1-3,5-7,9H,4,8,10-14H2. The van der Waals surface area contributed by atoms with Gasteiger partial charge in [0.1, 0.15) is 11.4 Å². The average molecular weight is 363 g/mol. The number of hydrogen-bond donors (Lipinski definition) is 0. The van der Waals surface area contributed by atoms with E-state index in [0.29, 0.717) is 12.3 Å². The topological polar surface area (TPSA) is 56.6 Å². The summed E-state index contributed by atoms with van der Waals surface area (Å²) in [6.45, 7) is 5.17. The van der Waals surface area contributed by atoms with Crippen molar-refractivity contribution >= 4 is 16.8 Å². The van der Waals surface area contributed by atoms with Crippen molar-refractivity contribution in [2.75, 3.05) is 39.5 Å². The number of morpholine rings is 1. The molecule has 3 aromatic rings. The number of fused-ring (bicyclic) bond motifs is 4. The predicted molar refractivity (Wildman–Crippen MR) is 102 cm³/mol. The molecule has 0 saturated carbocycles. The van der Waals surface area contributed by atoms with Crippen molar-refractivity contribution in [1.82, 2.24) is 14.5 Å². The van der Waals surface area contributed by atoms with Crippen LogP contribution in [0.2, 0.25) is 0 Å². The Bertz CT molecular complexity index is 1010. The molecule has 2 aromatic heterocycles. The Morgan fingerprint density at radius 1 is 1.11 bits per heavy atom.